The zero-order valence-electron chi connectivity index (χ0n) is 17.6. The summed E-state index contributed by atoms with van der Waals surface area (Å²) >= 11 is 0. The Kier molecular flexibility index (Phi) is 5.69. The van der Waals surface area contributed by atoms with Gasteiger partial charge in [-0.15, -0.1) is 0 Å². The summed E-state index contributed by atoms with van der Waals surface area (Å²) in [6.45, 7) is 0. The summed E-state index contributed by atoms with van der Waals surface area (Å²) in [6, 6.07) is 9.98. The van der Waals surface area contributed by atoms with E-state index in [0.29, 0.717) is 18.4 Å². The molecule has 7 nitrogen and oxygen atoms in total. The van der Waals surface area contributed by atoms with Gasteiger partial charge in [-0.05, 0) is 18.9 Å². The quantitative estimate of drug-likeness (QED) is 0.690. The van der Waals surface area contributed by atoms with Crippen LogP contribution >= 0.6 is 0 Å². The number of aromatic nitrogens is 1. The number of nitriles is 3. The van der Waals surface area contributed by atoms with E-state index in [1.165, 1.54) is 12.8 Å². The van der Waals surface area contributed by atoms with Gasteiger partial charge in [-0.2, -0.15) is 15.8 Å². The first-order valence-electron chi connectivity index (χ1n) is 11.2. The van der Waals surface area contributed by atoms with Gasteiger partial charge in [0.15, 0.2) is 5.41 Å². The van der Waals surface area contributed by atoms with Crippen LogP contribution in [-0.4, -0.2) is 16.7 Å². The van der Waals surface area contributed by atoms with Crippen molar-refractivity contribution >= 4 is 5.90 Å². The van der Waals surface area contributed by atoms with Crippen LogP contribution in [0.4, 0.5) is 0 Å². The van der Waals surface area contributed by atoms with Gasteiger partial charge in [0.25, 0.3) is 0 Å². The minimum absolute atomic E-state index is 0.302. The molecule has 1 aromatic rings. The number of hydrogen-bond donors (Lipinski definition) is 1. The molecule has 0 radical (unpaired) electrons. The predicted octanol–water partition coefficient (Wildman–Crippen LogP) is 4.93. The van der Waals surface area contributed by atoms with E-state index in [1.54, 1.807) is 24.5 Å². The Morgan fingerprint density at radius 1 is 0.968 bits per heavy atom. The van der Waals surface area contributed by atoms with Crippen molar-refractivity contribution < 1.29 is 9.47 Å². The highest BCUT2D eigenvalue weighted by atomic mass is 16.7. The minimum atomic E-state index is -1.90. The van der Waals surface area contributed by atoms with Gasteiger partial charge >= 0.3 is 0 Å². The lowest BCUT2D eigenvalue weighted by molar-refractivity contribution is -0.287. The van der Waals surface area contributed by atoms with Crippen LogP contribution in [0.1, 0.15) is 75.9 Å². The zero-order valence-corrected chi connectivity index (χ0v) is 17.6. The van der Waals surface area contributed by atoms with Crippen LogP contribution in [0.3, 0.4) is 0 Å². The normalized spacial score (nSPS) is 35.1. The molecule has 31 heavy (non-hydrogen) atoms. The Morgan fingerprint density at radius 2 is 1.65 bits per heavy atom. The van der Waals surface area contributed by atoms with Gasteiger partial charge in [0.1, 0.15) is 6.10 Å². The van der Waals surface area contributed by atoms with E-state index >= 15 is 0 Å². The van der Waals surface area contributed by atoms with Crippen LogP contribution in [-0.2, 0) is 9.47 Å². The standard InChI is InChI=1S/C24H27N5O2/c25-15-22(16-26)20(18-10-9-13-29-14-18)30-24-12-8-6-4-2-1-3-5-7-11-19(24)23(22,17-27)21(28)31-24/h9-10,13-14,19-20,28H,1-8,11-12H2. The Bertz CT molecular complexity index is 945. The summed E-state index contributed by atoms with van der Waals surface area (Å²) in [5.74, 6) is -2.02. The second-order valence-electron chi connectivity index (χ2n) is 8.90. The van der Waals surface area contributed by atoms with Gasteiger partial charge in [0, 0.05) is 24.4 Å². The molecule has 3 fully saturated rings. The molecule has 2 bridgehead atoms. The van der Waals surface area contributed by atoms with Crippen molar-refractivity contribution in [1.82, 2.24) is 4.98 Å². The number of hydrogen-bond acceptors (Lipinski definition) is 7. The second-order valence-corrected chi connectivity index (χ2v) is 8.90. The van der Waals surface area contributed by atoms with Crippen molar-refractivity contribution in [1.29, 1.82) is 21.2 Å². The molecule has 4 rings (SSSR count). The lowest BCUT2D eigenvalue weighted by atomic mass is 9.52. The molecule has 3 heterocycles. The largest absolute Gasteiger partial charge is 0.447 e. The van der Waals surface area contributed by atoms with Gasteiger partial charge in [0.2, 0.25) is 17.1 Å². The Morgan fingerprint density at radius 3 is 2.26 bits per heavy atom. The summed E-state index contributed by atoms with van der Waals surface area (Å²) in [6.07, 6.45) is 11.7. The number of nitrogens with one attached hydrogen (secondary N) is 1. The minimum Gasteiger partial charge on any atom is -0.447 e. The third kappa shape index (κ3) is 3.01. The average Bonchev–Trinajstić information content (AvgIpc) is 2.97. The molecule has 0 aromatic carbocycles. The topological polar surface area (TPSA) is 127 Å². The summed E-state index contributed by atoms with van der Waals surface area (Å²) in [4.78, 5) is 4.14. The van der Waals surface area contributed by atoms with E-state index in [4.69, 9.17) is 14.9 Å². The van der Waals surface area contributed by atoms with Crippen LogP contribution in [0.2, 0.25) is 0 Å². The van der Waals surface area contributed by atoms with Gasteiger partial charge in [0.05, 0.1) is 24.1 Å². The molecule has 1 saturated carbocycles. The molecule has 1 N–H and O–H groups in total. The first-order chi connectivity index (χ1) is 15.1. The fourth-order valence-electron chi connectivity index (χ4n) is 5.75. The molecule has 3 aliphatic rings. The van der Waals surface area contributed by atoms with E-state index in [2.05, 4.69) is 23.2 Å². The summed E-state index contributed by atoms with van der Waals surface area (Å²) < 4.78 is 12.7. The van der Waals surface area contributed by atoms with Gasteiger partial charge < -0.3 is 9.47 Å². The molecule has 1 aromatic heterocycles. The highest BCUT2D eigenvalue weighted by Crippen LogP contribution is 2.68. The molecular weight excluding hydrogens is 390 g/mol. The van der Waals surface area contributed by atoms with Crippen LogP contribution < -0.4 is 0 Å². The van der Waals surface area contributed by atoms with E-state index < -0.39 is 28.6 Å². The third-order valence-electron chi connectivity index (χ3n) is 7.30. The Hall–Kier alpha value is -2.95. The summed E-state index contributed by atoms with van der Waals surface area (Å²) in [7, 11) is 0. The number of nitrogens with zero attached hydrogens (tertiary/aromatic N) is 4. The predicted molar refractivity (Wildman–Crippen MR) is 111 cm³/mol. The van der Waals surface area contributed by atoms with Gasteiger partial charge in [-0.1, -0.05) is 51.0 Å². The SMILES string of the molecule is N#CC1(C#N)C(c2cccnc2)OC23CCCCCCCCCCC2C1(C#N)C(=N)O3. The van der Waals surface area contributed by atoms with E-state index in [1.807, 2.05) is 0 Å². The van der Waals surface area contributed by atoms with Crippen molar-refractivity contribution in [2.75, 3.05) is 0 Å². The highest BCUT2D eigenvalue weighted by molar-refractivity contribution is 5.89. The number of ether oxygens (including phenoxy) is 2. The van der Waals surface area contributed by atoms with Crippen LogP contribution in [0, 0.1) is 56.2 Å². The Balaban J connectivity index is 1.88. The van der Waals surface area contributed by atoms with Crippen LogP contribution in [0.25, 0.3) is 0 Å². The fraction of sp³-hybridized carbons (Fsp3) is 0.625. The maximum atomic E-state index is 10.5. The monoisotopic (exact) mass is 417 g/mol. The molecule has 4 atom stereocenters. The van der Waals surface area contributed by atoms with E-state index in [-0.39, 0.29) is 5.90 Å². The molecule has 0 amide bonds. The number of rotatable bonds is 1. The van der Waals surface area contributed by atoms with Crippen molar-refractivity contribution in [2.45, 2.75) is 76.1 Å². The summed E-state index contributed by atoms with van der Waals surface area (Å²) in [5.41, 5.74) is -3.03. The zero-order chi connectivity index (χ0) is 22.0. The lowest BCUT2D eigenvalue weighted by Gasteiger charge is -2.50. The van der Waals surface area contributed by atoms with E-state index in [9.17, 15) is 15.8 Å². The molecule has 0 spiro atoms. The molecule has 7 heteroatoms. The smallest absolute Gasteiger partial charge is 0.217 e. The van der Waals surface area contributed by atoms with Gasteiger partial charge in [-0.25, -0.2) is 0 Å². The highest BCUT2D eigenvalue weighted by Gasteiger charge is 2.79. The molecule has 160 valence electrons. The molecular formula is C24H27N5O2. The molecule has 2 aliphatic heterocycles. The first kappa shape index (κ1) is 21.3. The van der Waals surface area contributed by atoms with Gasteiger partial charge in [-0.3, -0.25) is 10.4 Å². The first-order valence-corrected chi connectivity index (χ1v) is 11.2. The van der Waals surface area contributed by atoms with Crippen LogP contribution in [0.5, 0.6) is 0 Å². The maximum absolute atomic E-state index is 10.5. The fourth-order valence-corrected chi connectivity index (χ4v) is 5.75. The molecule has 2 saturated heterocycles. The third-order valence-corrected chi connectivity index (χ3v) is 7.30. The van der Waals surface area contributed by atoms with Crippen molar-refractivity contribution in [3.05, 3.63) is 30.1 Å². The Labute approximate surface area is 183 Å². The summed E-state index contributed by atoms with van der Waals surface area (Å²) in [5, 5.41) is 39.9. The van der Waals surface area contributed by atoms with Crippen LogP contribution in [0.15, 0.2) is 24.5 Å². The molecule has 1 aliphatic carbocycles. The lowest BCUT2D eigenvalue weighted by Crippen LogP contribution is -2.59. The molecule has 4 unspecified atom stereocenters. The van der Waals surface area contributed by atoms with Crippen molar-refractivity contribution in [2.24, 2.45) is 16.7 Å². The van der Waals surface area contributed by atoms with Crippen molar-refractivity contribution in [3.63, 3.8) is 0 Å². The maximum Gasteiger partial charge on any atom is 0.217 e. The van der Waals surface area contributed by atoms with E-state index in [0.717, 1.165) is 38.5 Å². The second kappa shape index (κ2) is 8.29. The number of pyridine rings is 1. The van der Waals surface area contributed by atoms with Crippen molar-refractivity contribution in [3.8, 4) is 18.2 Å². The average molecular weight is 418 g/mol.